The molecule has 14 heavy (non-hydrogen) atoms. The molecule has 2 rings (SSSR count). The second-order valence-corrected chi connectivity index (χ2v) is 4.82. The van der Waals surface area contributed by atoms with E-state index in [1.807, 2.05) is 12.3 Å². The molecule has 1 unspecified atom stereocenters. The zero-order valence-electron chi connectivity index (χ0n) is 9.09. The second-order valence-electron chi connectivity index (χ2n) is 4.82. The summed E-state index contributed by atoms with van der Waals surface area (Å²) in [6.45, 7) is 6.79. The first-order valence-electron chi connectivity index (χ1n) is 5.20. The second kappa shape index (κ2) is 3.19. The van der Waals surface area contributed by atoms with Crippen molar-refractivity contribution in [2.45, 2.75) is 32.7 Å². The van der Waals surface area contributed by atoms with Crippen LogP contribution in [0.15, 0.2) is 35.8 Å². The van der Waals surface area contributed by atoms with Crippen molar-refractivity contribution >= 4 is 0 Å². The maximum Gasteiger partial charge on any atom is 0.0394 e. The molecule has 0 radical (unpaired) electrons. The van der Waals surface area contributed by atoms with Gasteiger partial charge in [0.25, 0.3) is 0 Å². The highest BCUT2D eigenvalue weighted by Crippen LogP contribution is 2.33. The zero-order valence-corrected chi connectivity index (χ0v) is 9.09. The molecule has 0 aliphatic carbocycles. The van der Waals surface area contributed by atoms with Gasteiger partial charge in [0, 0.05) is 23.6 Å². The monoisotopic (exact) mass is 190 g/mol. The highest BCUT2D eigenvalue weighted by atomic mass is 15.0. The molecule has 1 saturated heterocycles. The minimum absolute atomic E-state index is 0.209. The standard InChI is InChI=1S/C12H18N2/c1-9-7-12(2,3)14-11-5-4-6-13-8-10(9)11/h4-6,8-9,13-14H,7H2,1-3H3. The third kappa shape index (κ3) is 1.69. The van der Waals surface area contributed by atoms with Crippen molar-refractivity contribution < 1.29 is 0 Å². The summed E-state index contributed by atoms with van der Waals surface area (Å²) < 4.78 is 0. The van der Waals surface area contributed by atoms with Gasteiger partial charge in [0.05, 0.1) is 0 Å². The average Bonchev–Trinajstić information content (AvgIpc) is 2.27. The van der Waals surface area contributed by atoms with Crippen LogP contribution in [0.25, 0.3) is 0 Å². The number of allylic oxidation sites excluding steroid dienone is 3. The first kappa shape index (κ1) is 9.38. The molecule has 2 heterocycles. The Balaban J connectivity index is 2.33. The van der Waals surface area contributed by atoms with Crippen molar-refractivity contribution in [1.82, 2.24) is 10.6 Å². The summed E-state index contributed by atoms with van der Waals surface area (Å²) in [5, 5.41) is 6.74. The molecular formula is C12H18N2. The lowest BCUT2D eigenvalue weighted by atomic mass is 9.81. The summed E-state index contributed by atoms with van der Waals surface area (Å²) in [5.41, 5.74) is 2.85. The number of piperidine rings is 1. The number of rotatable bonds is 0. The molecule has 2 aliphatic heterocycles. The van der Waals surface area contributed by atoms with Crippen molar-refractivity contribution in [3.63, 3.8) is 0 Å². The summed E-state index contributed by atoms with van der Waals surface area (Å²) in [4.78, 5) is 0. The Bertz CT molecular complexity index is 321. The van der Waals surface area contributed by atoms with Crippen LogP contribution in [-0.2, 0) is 0 Å². The first-order valence-corrected chi connectivity index (χ1v) is 5.20. The summed E-state index contributed by atoms with van der Waals surface area (Å²) >= 11 is 0. The molecular weight excluding hydrogens is 172 g/mol. The van der Waals surface area contributed by atoms with Crippen molar-refractivity contribution in [2.24, 2.45) is 5.92 Å². The minimum atomic E-state index is 0.209. The third-order valence-corrected chi connectivity index (χ3v) is 2.83. The van der Waals surface area contributed by atoms with E-state index in [4.69, 9.17) is 0 Å². The van der Waals surface area contributed by atoms with Gasteiger partial charge in [-0.05, 0) is 43.9 Å². The fourth-order valence-corrected chi connectivity index (χ4v) is 2.32. The molecule has 0 aromatic rings. The number of fused-ring (bicyclic) bond motifs is 1. The Hall–Kier alpha value is -1.18. The molecule has 0 saturated carbocycles. The molecule has 2 aliphatic rings. The van der Waals surface area contributed by atoms with Crippen LogP contribution in [0.2, 0.25) is 0 Å². The zero-order chi connectivity index (χ0) is 10.2. The third-order valence-electron chi connectivity index (χ3n) is 2.83. The van der Waals surface area contributed by atoms with Gasteiger partial charge in [0.2, 0.25) is 0 Å². The summed E-state index contributed by atoms with van der Waals surface area (Å²) in [6, 6.07) is 0. The van der Waals surface area contributed by atoms with Gasteiger partial charge in [-0.25, -0.2) is 0 Å². The molecule has 2 nitrogen and oxygen atoms in total. The van der Waals surface area contributed by atoms with E-state index >= 15 is 0 Å². The number of nitrogens with one attached hydrogen (secondary N) is 2. The lowest BCUT2D eigenvalue weighted by Gasteiger charge is -2.39. The van der Waals surface area contributed by atoms with Crippen LogP contribution in [0.3, 0.4) is 0 Å². The van der Waals surface area contributed by atoms with Crippen LogP contribution >= 0.6 is 0 Å². The molecule has 0 aromatic carbocycles. The fourth-order valence-electron chi connectivity index (χ4n) is 2.32. The van der Waals surface area contributed by atoms with Crippen LogP contribution in [0.4, 0.5) is 0 Å². The van der Waals surface area contributed by atoms with Crippen LogP contribution < -0.4 is 10.6 Å². The van der Waals surface area contributed by atoms with E-state index in [0.717, 1.165) is 0 Å². The van der Waals surface area contributed by atoms with Crippen molar-refractivity contribution in [3.05, 3.63) is 35.8 Å². The smallest absolute Gasteiger partial charge is 0.0394 e. The van der Waals surface area contributed by atoms with Gasteiger partial charge >= 0.3 is 0 Å². The van der Waals surface area contributed by atoms with Crippen LogP contribution in [-0.4, -0.2) is 5.54 Å². The van der Waals surface area contributed by atoms with E-state index in [0.29, 0.717) is 5.92 Å². The van der Waals surface area contributed by atoms with Gasteiger partial charge in [-0.2, -0.15) is 0 Å². The SMILES string of the molecule is CC1CC(C)(C)NC2=CC=CNC=C21. The lowest BCUT2D eigenvalue weighted by Crippen LogP contribution is -2.45. The summed E-state index contributed by atoms with van der Waals surface area (Å²) in [6.07, 6.45) is 9.42. The van der Waals surface area contributed by atoms with Crippen molar-refractivity contribution in [2.75, 3.05) is 0 Å². The van der Waals surface area contributed by atoms with E-state index in [1.165, 1.54) is 17.7 Å². The Labute approximate surface area is 85.8 Å². The Morgan fingerprint density at radius 2 is 2.21 bits per heavy atom. The molecule has 1 fully saturated rings. The molecule has 1 atom stereocenters. The molecule has 2 N–H and O–H groups in total. The number of hydrogen-bond acceptors (Lipinski definition) is 2. The maximum atomic E-state index is 3.57. The van der Waals surface area contributed by atoms with Gasteiger partial charge in [0.15, 0.2) is 0 Å². The predicted molar refractivity (Wildman–Crippen MR) is 59.4 cm³/mol. The Morgan fingerprint density at radius 1 is 1.43 bits per heavy atom. The summed E-state index contributed by atoms with van der Waals surface area (Å²) in [5.74, 6) is 0.616. The van der Waals surface area contributed by atoms with E-state index in [1.54, 1.807) is 0 Å². The average molecular weight is 190 g/mol. The normalized spacial score (nSPS) is 28.9. The van der Waals surface area contributed by atoms with Crippen LogP contribution in [0.5, 0.6) is 0 Å². The van der Waals surface area contributed by atoms with Gasteiger partial charge in [-0.15, -0.1) is 0 Å². The van der Waals surface area contributed by atoms with Gasteiger partial charge in [-0.3, -0.25) is 0 Å². The molecule has 0 amide bonds. The van der Waals surface area contributed by atoms with Crippen LogP contribution in [0, 0.1) is 5.92 Å². The molecule has 0 aromatic heterocycles. The van der Waals surface area contributed by atoms with E-state index in [9.17, 15) is 0 Å². The van der Waals surface area contributed by atoms with Crippen molar-refractivity contribution in [1.29, 1.82) is 0 Å². The maximum absolute atomic E-state index is 3.57. The Kier molecular flexibility index (Phi) is 2.14. The van der Waals surface area contributed by atoms with Crippen LogP contribution in [0.1, 0.15) is 27.2 Å². The van der Waals surface area contributed by atoms with E-state index in [2.05, 4.69) is 43.7 Å². The fraction of sp³-hybridized carbons (Fsp3) is 0.500. The first-order chi connectivity index (χ1) is 6.58. The summed E-state index contributed by atoms with van der Waals surface area (Å²) in [7, 11) is 0. The minimum Gasteiger partial charge on any atom is -0.380 e. The van der Waals surface area contributed by atoms with Crippen molar-refractivity contribution in [3.8, 4) is 0 Å². The molecule has 0 spiro atoms. The molecule has 0 bridgehead atoms. The van der Waals surface area contributed by atoms with Gasteiger partial charge in [-0.1, -0.05) is 6.92 Å². The van der Waals surface area contributed by atoms with Gasteiger partial charge in [0.1, 0.15) is 0 Å². The number of hydrogen-bond donors (Lipinski definition) is 2. The predicted octanol–water partition coefficient (Wildman–Crippen LogP) is 2.28. The highest BCUT2D eigenvalue weighted by Gasteiger charge is 2.31. The quantitative estimate of drug-likeness (QED) is 0.612. The molecule has 76 valence electrons. The largest absolute Gasteiger partial charge is 0.380 e. The van der Waals surface area contributed by atoms with E-state index in [-0.39, 0.29) is 5.54 Å². The highest BCUT2D eigenvalue weighted by molar-refractivity contribution is 5.39. The Morgan fingerprint density at radius 3 is 3.00 bits per heavy atom. The lowest BCUT2D eigenvalue weighted by molar-refractivity contribution is 0.322. The van der Waals surface area contributed by atoms with E-state index < -0.39 is 0 Å². The molecule has 2 heteroatoms. The topological polar surface area (TPSA) is 24.1 Å². The van der Waals surface area contributed by atoms with Gasteiger partial charge < -0.3 is 10.6 Å².